The number of benzene rings is 8. The molecular weight excluding hydrogens is 714 g/mol. The first-order valence-electron chi connectivity index (χ1n) is 18.7. The molecule has 1 heterocycles. The molecule has 0 N–H and O–H groups in total. The largest absolute Gasteiger partial charge is 0.496 e. The molecule has 1 aliphatic rings. The Balaban J connectivity index is 1.29. The molecule has 0 saturated carbocycles. The van der Waals surface area contributed by atoms with Crippen LogP contribution in [-0.2, 0) is 0 Å². The molecule has 55 heavy (non-hydrogen) atoms. The van der Waals surface area contributed by atoms with Crippen LogP contribution in [0.2, 0.25) is 0 Å². The van der Waals surface area contributed by atoms with Crippen molar-refractivity contribution in [2.24, 2.45) is 0 Å². The molecule has 1 aliphatic heterocycles. The zero-order valence-corrected chi connectivity index (χ0v) is 32.7. The summed E-state index contributed by atoms with van der Waals surface area (Å²) in [4.78, 5) is 0. The Bertz CT molecular complexity index is 2660. The second-order valence-electron chi connectivity index (χ2n) is 13.6. The highest BCUT2D eigenvalue weighted by Crippen LogP contribution is 2.48. The molecular formula is C49H40O4P2. The molecule has 6 heteroatoms. The summed E-state index contributed by atoms with van der Waals surface area (Å²) in [6.45, 7) is 1.21. The monoisotopic (exact) mass is 754 g/mol. The number of ether oxygens (including phenoxy) is 3. The van der Waals surface area contributed by atoms with Gasteiger partial charge in [-0.3, -0.25) is 0 Å². The summed E-state index contributed by atoms with van der Waals surface area (Å²) in [5.74, 6) is 3.23. The third-order valence-corrected chi connectivity index (χ3v) is 12.0. The van der Waals surface area contributed by atoms with Crippen molar-refractivity contribution in [1.29, 1.82) is 0 Å². The lowest BCUT2D eigenvalue weighted by molar-refractivity contribution is 0.264. The van der Waals surface area contributed by atoms with E-state index in [-0.39, 0.29) is 8.81 Å². The molecule has 4 nitrogen and oxygen atoms in total. The molecule has 8 aromatic carbocycles. The molecule has 2 atom stereocenters. The van der Waals surface area contributed by atoms with Gasteiger partial charge in [-0.15, -0.1) is 9.24 Å². The van der Waals surface area contributed by atoms with E-state index in [0.29, 0.717) is 13.2 Å². The smallest absolute Gasteiger partial charge is 0.132 e. The minimum Gasteiger partial charge on any atom is -0.496 e. The van der Waals surface area contributed by atoms with Crippen molar-refractivity contribution in [2.45, 2.75) is 12.8 Å². The van der Waals surface area contributed by atoms with E-state index in [2.05, 4.69) is 167 Å². The molecule has 0 aromatic heterocycles. The van der Waals surface area contributed by atoms with E-state index in [9.17, 15) is 0 Å². The number of hydrogen-bond acceptors (Lipinski definition) is 4. The lowest BCUT2D eigenvalue weighted by atomic mass is 9.92. The van der Waals surface area contributed by atoms with Gasteiger partial charge in [0, 0.05) is 27.6 Å². The Morgan fingerprint density at radius 1 is 0.491 bits per heavy atom. The van der Waals surface area contributed by atoms with Crippen LogP contribution in [0, 0.1) is 0 Å². The fraction of sp³-hybridized carbons (Fsp3) is 0.102. The summed E-state index contributed by atoms with van der Waals surface area (Å²) >= 11 is 0. The number of fused-ring (bicyclic) bond motifs is 5. The van der Waals surface area contributed by atoms with Gasteiger partial charge < -0.3 is 18.7 Å². The fourth-order valence-electron chi connectivity index (χ4n) is 7.71. The quantitative estimate of drug-likeness (QED) is 0.152. The molecule has 8 aromatic rings. The van der Waals surface area contributed by atoms with Gasteiger partial charge in [-0.05, 0) is 92.3 Å². The SMILES string of the molecule is COc1ccc2ccccc2c1-c1c(OPc2c(-c3ccccc3)ccc3c2-c2c(ccc(-c4ccccc4)c2P)OCCCCO3)ccc2ccccc12. The van der Waals surface area contributed by atoms with E-state index in [1.165, 1.54) is 0 Å². The van der Waals surface area contributed by atoms with Crippen molar-refractivity contribution >= 4 is 50.2 Å². The summed E-state index contributed by atoms with van der Waals surface area (Å²) in [6, 6.07) is 55.1. The number of methoxy groups -OCH3 is 1. The fourth-order valence-corrected chi connectivity index (χ4v) is 9.33. The van der Waals surface area contributed by atoms with E-state index >= 15 is 0 Å². The van der Waals surface area contributed by atoms with Gasteiger partial charge in [-0.25, -0.2) is 0 Å². The second-order valence-corrected chi connectivity index (χ2v) is 15.1. The van der Waals surface area contributed by atoms with Crippen LogP contribution >= 0.6 is 18.0 Å². The summed E-state index contributed by atoms with van der Waals surface area (Å²) in [6.07, 6.45) is 1.80. The Kier molecular flexibility index (Phi) is 9.94. The molecule has 9 rings (SSSR count). The van der Waals surface area contributed by atoms with Crippen molar-refractivity contribution in [1.82, 2.24) is 0 Å². The minimum absolute atomic E-state index is 0.0913. The van der Waals surface area contributed by atoms with E-state index in [0.717, 1.165) is 113 Å². The highest BCUT2D eigenvalue weighted by atomic mass is 31.1. The Hall–Kier alpha value is -5.66. The van der Waals surface area contributed by atoms with Crippen molar-refractivity contribution in [3.05, 3.63) is 158 Å². The molecule has 2 unspecified atom stereocenters. The molecule has 0 spiro atoms. The van der Waals surface area contributed by atoms with Crippen LogP contribution in [0.5, 0.6) is 23.0 Å². The summed E-state index contributed by atoms with van der Waals surface area (Å²) in [5.41, 5.74) is 8.46. The van der Waals surface area contributed by atoms with Crippen molar-refractivity contribution in [2.75, 3.05) is 20.3 Å². The highest BCUT2D eigenvalue weighted by molar-refractivity contribution is 7.43. The minimum atomic E-state index is -0.0913. The van der Waals surface area contributed by atoms with Crippen LogP contribution in [-0.4, -0.2) is 20.3 Å². The zero-order valence-electron chi connectivity index (χ0n) is 30.5. The Morgan fingerprint density at radius 3 is 1.62 bits per heavy atom. The molecule has 0 amide bonds. The third-order valence-electron chi connectivity index (χ3n) is 10.4. The predicted molar refractivity (Wildman–Crippen MR) is 234 cm³/mol. The number of hydrogen-bond donors (Lipinski definition) is 0. The van der Waals surface area contributed by atoms with Gasteiger partial charge in [-0.1, -0.05) is 127 Å². The first-order chi connectivity index (χ1) is 27.2. The van der Waals surface area contributed by atoms with Crippen molar-refractivity contribution < 1.29 is 18.7 Å². The second kappa shape index (κ2) is 15.6. The number of rotatable bonds is 7. The van der Waals surface area contributed by atoms with E-state index in [1.54, 1.807) is 7.11 Å². The Labute approximate surface area is 326 Å². The normalized spacial score (nSPS) is 12.8. The molecule has 270 valence electrons. The van der Waals surface area contributed by atoms with Gasteiger partial charge in [0.1, 0.15) is 31.8 Å². The van der Waals surface area contributed by atoms with Gasteiger partial charge in [-0.2, -0.15) is 0 Å². The first-order valence-corrected chi connectivity index (χ1v) is 20.1. The lowest BCUT2D eigenvalue weighted by Gasteiger charge is -2.25. The van der Waals surface area contributed by atoms with Gasteiger partial charge in [0.15, 0.2) is 0 Å². The van der Waals surface area contributed by atoms with Crippen LogP contribution in [0.3, 0.4) is 0 Å². The summed E-state index contributed by atoms with van der Waals surface area (Å²) < 4.78 is 26.6. The molecule has 0 bridgehead atoms. The van der Waals surface area contributed by atoms with Crippen LogP contribution in [0.15, 0.2) is 158 Å². The maximum atomic E-state index is 7.23. The molecule has 0 saturated heterocycles. The third kappa shape index (κ3) is 6.71. The van der Waals surface area contributed by atoms with Crippen molar-refractivity contribution in [3.8, 4) is 67.5 Å². The standard InChI is InChI=1S/C49H40O4P2/c1-50-40-26-22-34-18-8-10-20-36(34)44(40)45-37-21-11-9-19-35(37)23-27-43(45)53-55-49-39(33-16-6-3-7-17-33)25-29-42-47(49)46-41(51-30-12-13-31-52-42)28-24-38(48(46)54)32-14-4-2-5-15-32/h2-11,14-29,55H,12-13,30-31,54H2,1H3. The van der Waals surface area contributed by atoms with E-state index in [4.69, 9.17) is 18.7 Å². The average Bonchev–Trinajstić information content (AvgIpc) is 3.24. The lowest BCUT2D eigenvalue weighted by Crippen LogP contribution is -2.17. The van der Waals surface area contributed by atoms with Crippen molar-refractivity contribution in [3.63, 3.8) is 0 Å². The topological polar surface area (TPSA) is 36.9 Å². The first kappa shape index (κ1) is 35.1. The van der Waals surface area contributed by atoms with Crippen LogP contribution in [0.25, 0.3) is 66.1 Å². The zero-order chi connectivity index (χ0) is 37.1. The van der Waals surface area contributed by atoms with Gasteiger partial charge in [0.05, 0.1) is 20.3 Å². The van der Waals surface area contributed by atoms with Crippen LogP contribution in [0.1, 0.15) is 12.8 Å². The van der Waals surface area contributed by atoms with Gasteiger partial charge in [0.25, 0.3) is 0 Å². The summed E-state index contributed by atoms with van der Waals surface area (Å²) in [7, 11) is 4.70. The maximum Gasteiger partial charge on any atom is 0.132 e. The van der Waals surface area contributed by atoms with Crippen LogP contribution < -0.4 is 29.3 Å². The Morgan fingerprint density at radius 2 is 1.00 bits per heavy atom. The van der Waals surface area contributed by atoms with Gasteiger partial charge >= 0.3 is 0 Å². The van der Waals surface area contributed by atoms with E-state index < -0.39 is 0 Å². The summed E-state index contributed by atoms with van der Waals surface area (Å²) in [5, 5.41) is 6.57. The van der Waals surface area contributed by atoms with Gasteiger partial charge in [0.2, 0.25) is 0 Å². The highest BCUT2D eigenvalue weighted by Gasteiger charge is 2.27. The van der Waals surface area contributed by atoms with Crippen LogP contribution in [0.4, 0.5) is 0 Å². The average molecular weight is 755 g/mol. The molecule has 0 fully saturated rings. The maximum absolute atomic E-state index is 7.23. The predicted octanol–water partition coefficient (Wildman–Crippen LogP) is 12.0. The van der Waals surface area contributed by atoms with E-state index in [1.807, 2.05) is 0 Å². The molecule has 0 aliphatic carbocycles. The molecule has 0 radical (unpaired) electrons.